The highest BCUT2D eigenvalue weighted by atomic mass is 32.1. The van der Waals surface area contributed by atoms with Gasteiger partial charge in [-0.05, 0) is 84.5 Å². The molecule has 11 nitrogen and oxygen atoms in total. The highest BCUT2D eigenvalue weighted by molar-refractivity contribution is 7.11. The molecule has 1 aromatic heterocycles. The fourth-order valence-electron chi connectivity index (χ4n) is 8.06. The van der Waals surface area contributed by atoms with Gasteiger partial charge in [-0.25, -0.2) is 4.98 Å². The van der Waals surface area contributed by atoms with Gasteiger partial charge >= 0.3 is 0 Å². The summed E-state index contributed by atoms with van der Waals surface area (Å²) in [4.78, 5) is 68.4. The topological polar surface area (TPSA) is 118 Å². The zero-order valence-electron chi connectivity index (χ0n) is 29.4. The number of hydrogen-bond donors (Lipinski definition) is 2. The summed E-state index contributed by atoms with van der Waals surface area (Å²) in [5.41, 5.74) is 1.44. The van der Waals surface area contributed by atoms with Crippen molar-refractivity contribution in [1.82, 2.24) is 35.2 Å². The lowest BCUT2D eigenvalue weighted by atomic mass is 9.96. The van der Waals surface area contributed by atoms with Crippen molar-refractivity contribution in [2.24, 2.45) is 0 Å². The van der Waals surface area contributed by atoms with Crippen LogP contribution in [0.2, 0.25) is 0 Å². The summed E-state index contributed by atoms with van der Waals surface area (Å²) < 4.78 is 0. The van der Waals surface area contributed by atoms with Gasteiger partial charge in [0.2, 0.25) is 17.7 Å². The molecule has 3 fully saturated rings. The Morgan fingerprint density at radius 3 is 2.43 bits per heavy atom. The molecule has 0 unspecified atom stereocenters. The van der Waals surface area contributed by atoms with E-state index in [0.717, 1.165) is 80.2 Å². The van der Waals surface area contributed by atoms with Crippen LogP contribution in [0.3, 0.4) is 0 Å². The maximum absolute atomic E-state index is 14.1. The first-order chi connectivity index (χ1) is 23.7. The van der Waals surface area contributed by atoms with Crippen LogP contribution in [0.5, 0.6) is 0 Å². The van der Waals surface area contributed by atoms with Crippen LogP contribution in [0, 0.1) is 6.92 Å². The van der Waals surface area contributed by atoms with Gasteiger partial charge in [0.15, 0.2) is 0 Å². The predicted octanol–water partition coefficient (Wildman–Crippen LogP) is 3.18. The van der Waals surface area contributed by atoms with E-state index >= 15 is 0 Å². The molecule has 0 spiro atoms. The Bertz CT molecular complexity index is 1470. The molecule has 6 aliphatic rings. The van der Waals surface area contributed by atoms with Crippen LogP contribution >= 0.6 is 11.3 Å². The molecule has 0 radical (unpaired) electrons. The average Bonchev–Trinajstić information content (AvgIpc) is 3.72. The molecule has 4 amide bonds. The molecule has 6 bridgehead atoms. The fourth-order valence-corrected chi connectivity index (χ4v) is 9.16. The Balaban J connectivity index is 1.15. The normalized spacial score (nSPS) is 27.0. The third-order valence-electron chi connectivity index (χ3n) is 11.1. The number of aromatic nitrogens is 1. The summed E-state index contributed by atoms with van der Waals surface area (Å²) in [7, 11) is 4.21. The van der Waals surface area contributed by atoms with Gasteiger partial charge in [-0.3, -0.25) is 24.1 Å². The molecule has 12 heteroatoms. The molecular weight excluding hydrogens is 639 g/mol. The van der Waals surface area contributed by atoms with Gasteiger partial charge in [0.05, 0.1) is 23.2 Å². The number of amides is 4. The predicted molar refractivity (Wildman–Crippen MR) is 190 cm³/mol. The van der Waals surface area contributed by atoms with Crippen LogP contribution < -0.4 is 10.6 Å². The average molecular weight is 692 g/mol. The van der Waals surface area contributed by atoms with E-state index in [0.29, 0.717) is 43.6 Å². The van der Waals surface area contributed by atoms with Gasteiger partial charge in [0, 0.05) is 80.2 Å². The number of benzene rings is 1. The van der Waals surface area contributed by atoms with Crippen molar-refractivity contribution in [3.63, 3.8) is 0 Å². The minimum atomic E-state index is -0.294. The third kappa shape index (κ3) is 8.69. The molecule has 3 saturated heterocycles. The number of likely N-dealkylation sites (N-methyl/N-ethyl adjacent to an activating group) is 1. The Labute approximate surface area is 294 Å². The van der Waals surface area contributed by atoms with Gasteiger partial charge in [-0.2, -0.15) is 0 Å². The van der Waals surface area contributed by atoms with Gasteiger partial charge < -0.3 is 25.3 Å². The minimum Gasteiger partial charge on any atom is -0.353 e. The van der Waals surface area contributed by atoms with Crippen LogP contribution in [-0.2, 0) is 20.8 Å². The Hall–Kier alpha value is -3.35. The van der Waals surface area contributed by atoms with E-state index in [4.69, 9.17) is 4.98 Å². The Kier molecular flexibility index (Phi) is 11.7. The van der Waals surface area contributed by atoms with Crippen molar-refractivity contribution in [2.45, 2.75) is 101 Å². The van der Waals surface area contributed by atoms with Crippen molar-refractivity contribution in [2.75, 3.05) is 53.4 Å². The van der Waals surface area contributed by atoms with Gasteiger partial charge in [-0.15, -0.1) is 11.3 Å². The molecule has 2 N–H and O–H groups in total. The van der Waals surface area contributed by atoms with E-state index in [-0.39, 0.29) is 54.6 Å². The number of unbranched alkanes of at least 4 members (excludes halogenated alkanes) is 1. The highest BCUT2D eigenvalue weighted by Crippen LogP contribution is 2.35. The van der Waals surface area contributed by atoms with Crippen LogP contribution in [0.15, 0.2) is 30.3 Å². The zero-order chi connectivity index (χ0) is 34.5. The van der Waals surface area contributed by atoms with Crippen molar-refractivity contribution >= 4 is 35.0 Å². The van der Waals surface area contributed by atoms with Crippen LogP contribution in [-0.4, -0.2) is 126 Å². The molecule has 266 valence electrons. The summed E-state index contributed by atoms with van der Waals surface area (Å²) in [6.07, 6.45) is 6.93. The van der Waals surface area contributed by atoms with E-state index < -0.39 is 0 Å². The smallest absolute Gasteiger partial charge is 0.251 e. The van der Waals surface area contributed by atoms with Crippen LogP contribution in [0.1, 0.15) is 89.6 Å². The quantitative estimate of drug-likeness (QED) is 0.429. The van der Waals surface area contributed by atoms with E-state index in [1.54, 1.807) is 23.5 Å². The maximum Gasteiger partial charge on any atom is 0.251 e. The number of carbonyl (C=O) groups is 4. The summed E-state index contributed by atoms with van der Waals surface area (Å²) in [6, 6.07) is 9.36. The minimum absolute atomic E-state index is 0.0614. The van der Waals surface area contributed by atoms with Gasteiger partial charge in [-0.1, -0.05) is 18.2 Å². The number of piperidine rings is 2. The summed E-state index contributed by atoms with van der Waals surface area (Å²) in [5, 5.41) is 7.24. The fraction of sp³-hybridized carbons (Fsp3) is 0.649. The summed E-state index contributed by atoms with van der Waals surface area (Å²) in [6.45, 7) is 6.23. The van der Waals surface area contributed by atoms with Crippen molar-refractivity contribution in [3.8, 4) is 0 Å². The molecule has 7 heterocycles. The van der Waals surface area contributed by atoms with Crippen molar-refractivity contribution in [3.05, 3.63) is 51.5 Å². The first-order valence-electron chi connectivity index (χ1n) is 18.2. The van der Waals surface area contributed by atoms with Crippen LogP contribution in [0.4, 0.5) is 0 Å². The first-order valence-corrected chi connectivity index (χ1v) is 19.1. The number of hydrogen-bond acceptors (Lipinski definition) is 8. The third-order valence-corrected chi connectivity index (χ3v) is 12.3. The molecule has 8 rings (SSSR count). The Morgan fingerprint density at radius 1 is 1.00 bits per heavy atom. The van der Waals surface area contributed by atoms with Crippen LogP contribution in [0.25, 0.3) is 0 Å². The highest BCUT2D eigenvalue weighted by Gasteiger charge is 2.44. The zero-order valence-corrected chi connectivity index (χ0v) is 30.2. The molecule has 1 aromatic carbocycles. The second-order valence-electron chi connectivity index (χ2n) is 14.6. The van der Waals surface area contributed by atoms with E-state index in [2.05, 4.69) is 39.4 Å². The number of rotatable bonds is 7. The largest absolute Gasteiger partial charge is 0.353 e. The molecular formula is C37H53N7O4S. The molecule has 0 aliphatic carbocycles. The van der Waals surface area contributed by atoms with Crippen molar-refractivity contribution in [1.29, 1.82) is 0 Å². The van der Waals surface area contributed by atoms with Gasteiger partial charge in [0.1, 0.15) is 0 Å². The van der Waals surface area contributed by atoms with E-state index in [1.807, 2.05) is 30.0 Å². The van der Waals surface area contributed by atoms with E-state index in [1.165, 1.54) is 0 Å². The number of nitrogens with one attached hydrogen (secondary N) is 2. The SMILES string of the molecule is Cc1sc2nc1CC(=O)N[C@@H](CCCCNC(=O)c1ccccc1)CC(=O)N1CCC(CC1)N1C[C@@H](N(C)C)C[C@H]1C(=O)N1CCC2CC1. The number of carbonyl (C=O) groups excluding carboxylic acids is 4. The molecule has 2 aromatic rings. The maximum atomic E-state index is 14.1. The second kappa shape index (κ2) is 16.1. The molecule has 0 saturated carbocycles. The number of fused-ring (bicyclic) bond motifs is 2. The molecule has 3 atom stereocenters. The number of thiazole rings is 1. The monoisotopic (exact) mass is 691 g/mol. The second-order valence-corrected chi connectivity index (χ2v) is 15.8. The van der Waals surface area contributed by atoms with Gasteiger partial charge in [0.25, 0.3) is 5.91 Å². The lowest BCUT2D eigenvalue weighted by Gasteiger charge is -2.41. The lowest BCUT2D eigenvalue weighted by molar-refractivity contribution is -0.139. The van der Waals surface area contributed by atoms with E-state index in [9.17, 15) is 19.2 Å². The summed E-state index contributed by atoms with van der Waals surface area (Å²) in [5.74, 6) is 0.401. The van der Waals surface area contributed by atoms with Crippen molar-refractivity contribution < 1.29 is 19.2 Å². The first kappa shape index (κ1) is 35.5. The lowest BCUT2D eigenvalue weighted by Crippen LogP contribution is -2.54. The Morgan fingerprint density at radius 2 is 1.71 bits per heavy atom. The summed E-state index contributed by atoms with van der Waals surface area (Å²) >= 11 is 1.67. The molecule has 6 aliphatic heterocycles. The number of nitrogens with zero attached hydrogens (tertiary/aromatic N) is 5. The standard InChI is InChI=1S/C37H53N7O4S/c1-25-31-23-33(45)39-28(11-7-8-16-38-35(47)26-9-5-4-6-10-26)21-34(46)42-19-14-29(15-20-42)44-24-30(41(2)3)22-32(44)37(48)43-17-12-27(13-18-43)36(40-31)49-25/h4-6,9-10,27-30,32H,7-8,11-24H2,1-3H3,(H,38,47)(H,39,45)/t28-,30-,32-/m0/s1. The molecule has 49 heavy (non-hydrogen) atoms. The number of aryl methyl sites for hydroxylation is 1.